The monoisotopic (exact) mass is 401 g/mol. The zero-order chi connectivity index (χ0) is 20.5. The van der Waals surface area contributed by atoms with Gasteiger partial charge in [0.2, 0.25) is 5.95 Å². The lowest BCUT2D eigenvalue weighted by Gasteiger charge is -2.36. The normalized spacial score (nSPS) is 17.4. The molecule has 0 radical (unpaired) electrons. The molecule has 1 saturated heterocycles. The van der Waals surface area contributed by atoms with Crippen LogP contribution in [0.3, 0.4) is 0 Å². The number of halogens is 1. The van der Waals surface area contributed by atoms with E-state index in [2.05, 4.69) is 44.1 Å². The number of H-pyrrole nitrogens is 1. The molecule has 0 aliphatic carbocycles. The highest BCUT2D eigenvalue weighted by Crippen LogP contribution is 2.37. The lowest BCUT2D eigenvalue weighted by Crippen LogP contribution is -2.34. The van der Waals surface area contributed by atoms with Gasteiger partial charge in [-0.15, -0.1) is 0 Å². The molecule has 1 aliphatic heterocycles. The number of hydrogen-bond acceptors (Lipinski definition) is 4. The van der Waals surface area contributed by atoms with Gasteiger partial charge in [-0.1, -0.05) is 24.6 Å². The van der Waals surface area contributed by atoms with Crippen molar-refractivity contribution >= 4 is 16.9 Å². The molecule has 3 N–H and O–H groups in total. The topological polar surface area (TPSA) is 70.8 Å². The van der Waals surface area contributed by atoms with Crippen molar-refractivity contribution in [3.63, 3.8) is 0 Å². The van der Waals surface area contributed by atoms with Crippen molar-refractivity contribution in [3.05, 3.63) is 78.0 Å². The van der Waals surface area contributed by atoms with E-state index in [4.69, 9.17) is 5.73 Å². The fraction of sp³-hybridized carbons (Fsp3) is 0.250. The highest BCUT2D eigenvalue weighted by atomic mass is 19.1. The molecule has 0 unspecified atom stereocenters. The van der Waals surface area contributed by atoms with Gasteiger partial charge in [0, 0.05) is 30.0 Å². The standard InChI is InChI=1S/C24H24FN5/c25-19-7-5-17(6-8-19)20-14-28-24(26)29-23(20)22-3-1-2-12-30(22)15-16-4-9-21-18(13-16)10-11-27-21/h4-11,13-14,22,27H,1-3,12,15H2,(H2,26,28,29)/t22-/m1/s1. The van der Waals surface area contributed by atoms with Crippen molar-refractivity contribution in [1.29, 1.82) is 0 Å². The summed E-state index contributed by atoms with van der Waals surface area (Å²) < 4.78 is 13.5. The summed E-state index contributed by atoms with van der Waals surface area (Å²) in [5.74, 6) is 0.0197. The molecule has 0 saturated carbocycles. The number of fused-ring (bicyclic) bond motifs is 1. The molecule has 5 nitrogen and oxygen atoms in total. The van der Waals surface area contributed by atoms with E-state index >= 15 is 0 Å². The molecule has 0 amide bonds. The van der Waals surface area contributed by atoms with Gasteiger partial charge in [-0.05, 0) is 66.2 Å². The summed E-state index contributed by atoms with van der Waals surface area (Å²) in [5, 5.41) is 1.22. The van der Waals surface area contributed by atoms with Gasteiger partial charge in [-0.3, -0.25) is 4.90 Å². The van der Waals surface area contributed by atoms with E-state index in [-0.39, 0.29) is 17.8 Å². The minimum atomic E-state index is -0.254. The number of aromatic nitrogens is 3. The molecule has 30 heavy (non-hydrogen) atoms. The zero-order valence-electron chi connectivity index (χ0n) is 16.7. The van der Waals surface area contributed by atoms with E-state index < -0.39 is 0 Å². The molecule has 6 heteroatoms. The molecule has 5 rings (SSSR count). The molecule has 1 atom stereocenters. The number of piperidine rings is 1. The third-order valence-corrected chi connectivity index (χ3v) is 5.92. The average Bonchev–Trinajstić information content (AvgIpc) is 3.23. The molecule has 0 spiro atoms. The zero-order valence-corrected chi connectivity index (χ0v) is 16.7. The van der Waals surface area contributed by atoms with Crippen molar-refractivity contribution in [2.45, 2.75) is 31.8 Å². The first-order valence-corrected chi connectivity index (χ1v) is 10.4. The molecule has 1 aliphatic rings. The number of likely N-dealkylation sites (tertiary alicyclic amines) is 1. The van der Waals surface area contributed by atoms with Crippen LogP contribution in [0.5, 0.6) is 0 Å². The van der Waals surface area contributed by atoms with Gasteiger partial charge in [-0.25, -0.2) is 14.4 Å². The molecule has 152 valence electrons. The van der Waals surface area contributed by atoms with Crippen LogP contribution < -0.4 is 5.73 Å². The molecule has 2 aromatic carbocycles. The molecule has 0 bridgehead atoms. The summed E-state index contributed by atoms with van der Waals surface area (Å²) in [5.41, 5.74) is 11.2. The van der Waals surface area contributed by atoms with Gasteiger partial charge >= 0.3 is 0 Å². The van der Waals surface area contributed by atoms with Gasteiger partial charge in [0.15, 0.2) is 0 Å². The first-order valence-electron chi connectivity index (χ1n) is 10.4. The molecule has 1 fully saturated rings. The fourth-order valence-corrected chi connectivity index (χ4v) is 4.44. The minimum absolute atomic E-state index is 0.144. The quantitative estimate of drug-likeness (QED) is 0.501. The number of nitrogen functional groups attached to an aromatic ring is 1. The second kappa shape index (κ2) is 7.88. The highest BCUT2D eigenvalue weighted by molar-refractivity contribution is 5.79. The maximum Gasteiger partial charge on any atom is 0.220 e. The summed E-state index contributed by atoms with van der Waals surface area (Å²) in [6.07, 6.45) is 7.05. The van der Waals surface area contributed by atoms with Crippen LogP contribution in [0.4, 0.5) is 10.3 Å². The number of nitrogens with zero attached hydrogens (tertiary/aromatic N) is 3. The predicted molar refractivity (Wildman–Crippen MR) is 117 cm³/mol. The van der Waals surface area contributed by atoms with Crippen LogP contribution in [0, 0.1) is 5.82 Å². The molecular formula is C24H24FN5. The Morgan fingerprint density at radius 3 is 2.83 bits per heavy atom. The average molecular weight is 401 g/mol. The van der Waals surface area contributed by atoms with Gasteiger partial charge in [0.1, 0.15) is 5.82 Å². The lowest BCUT2D eigenvalue weighted by molar-refractivity contribution is 0.138. The Labute approximate surface area is 174 Å². The predicted octanol–water partition coefficient (Wildman–Crippen LogP) is 5.07. The fourth-order valence-electron chi connectivity index (χ4n) is 4.44. The largest absolute Gasteiger partial charge is 0.368 e. The van der Waals surface area contributed by atoms with E-state index in [1.54, 1.807) is 18.3 Å². The summed E-state index contributed by atoms with van der Waals surface area (Å²) in [6.45, 7) is 1.85. The first kappa shape index (κ1) is 18.8. The van der Waals surface area contributed by atoms with Gasteiger partial charge in [0.25, 0.3) is 0 Å². The molecule has 2 aromatic heterocycles. The van der Waals surface area contributed by atoms with Crippen molar-refractivity contribution in [2.75, 3.05) is 12.3 Å². The first-order chi connectivity index (χ1) is 14.7. The number of anilines is 1. The Hall–Kier alpha value is -3.25. The lowest BCUT2D eigenvalue weighted by atomic mass is 9.93. The smallest absolute Gasteiger partial charge is 0.220 e. The van der Waals surface area contributed by atoms with Crippen LogP contribution in [0.2, 0.25) is 0 Å². The number of rotatable bonds is 4. The van der Waals surface area contributed by atoms with Crippen LogP contribution in [-0.4, -0.2) is 26.4 Å². The molecule has 4 aromatic rings. The van der Waals surface area contributed by atoms with Crippen LogP contribution in [0.25, 0.3) is 22.0 Å². The van der Waals surface area contributed by atoms with Gasteiger partial charge in [0.05, 0.1) is 11.7 Å². The van der Waals surface area contributed by atoms with Crippen molar-refractivity contribution in [3.8, 4) is 11.1 Å². The van der Waals surface area contributed by atoms with Gasteiger partial charge in [-0.2, -0.15) is 0 Å². The van der Waals surface area contributed by atoms with E-state index in [0.717, 1.165) is 54.7 Å². The van der Waals surface area contributed by atoms with Gasteiger partial charge < -0.3 is 10.7 Å². The molecule has 3 heterocycles. The van der Waals surface area contributed by atoms with Crippen molar-refractivity contribution < 1.29 is 4.39 Å². The van der Waals surface area contributed by atoms with Crippen molar-refractivity contribution in [1.82, 2.24) is 19.9 Å². The van der Waals surface area contributed by atoms with Crippen LogP contribution in [0.15, 0.2) is 60.9 Å². The Kier molecular flexibility index (Phi) is 4.93. The van der Waals surface area contributed by atoms with Crippen LogP contribution >= 0.6 is 0 Å². The Morgan fingerprint density at radius 1 is 1.10 bits per heavy atom. The van der Waals surface area contributed by atoms with Crippen molar-refractivity contribution in [2.24, 2.45) is 0 Å². The molecular weight excluding hydrogens is 377 g/mol. The maximum absolute atomic E-state index is 13.5. The van der Waals surface area contributed by atoms with E-state index in [9.17, 15) is 4.39 Å². The van der Waals surface area contributed by atoms with E-state index in [0.29, 0.717) is 0 Å². The Bertz CT molecular complexity index is 1170. The Morgan fingerprint density at radius 2 is 1.97 bits per heavy atom. The third-order valence-electron chi connectivity index (χ3n) is 5.92. The second-order valence-corrected chi connectivity index (χ2v) is 7.92. The second-order valence-electron chi connectivity index (χ2n) is 7.92. The van der Waals surface area contributed by atoms with E-state index in [1.165, 1.54) is 23.1 Å². The minimum Gasteiger partial charge on any atom is -0.368 e. The maximum atomic E-state index is 13.5. The number of benzene rings is 2. The SMILES string of the molecule is Nc1ncc(-c2ccc(F)cc2)c([C@H]2CCCCN2Cc2ccc3[nH]ccc3c2)n1. The van der Waals surface area contributed by atoms with Crippen LogP contribution in [0.1, 0.15) is 36.6 Å². The highest BCUT2D eigenvalue weighted by Gasteiger charge is 2.28. The number of aromatic amines is 1. The number of nitrogens with one attached hydrogen (secondary N) is 1. The summed E-state index contributed by atoms with van der Waals surface area (Å²) in [4.78, 5) is 14.6. The van der Waals surface area contributed by atoms with E-state index in [1.807, 2.05) is 6.20 Å². The Balaban J connectivity index is 1.50. The summed E-state index contributed by atoms with van der Waals surface area (Å²) in [6, 6.07) is 15.3. The van der Waals surface area contributed by atoms with Crippen LogP contribution in [-0.2, 0) is 6.54 Å². The summed E-state index contributed by atoms with van der Waals surface area (Å²) in [7, 11) is 0. The number of hydrogen-bond donors (Lipinski definition) is 2. The number of nitrogens with two attached hydrogens (primary N) is 1. The summed E-state index contributed by atoms with van der Waals surface area (Å²) >= 11 is 0. The third kappa shape index (κ3) is 3.66.